The first-order valence-corrected chi connectivity index (χ1v) is 6.54. The van der Waals surface area contributed by atoms with Crippen LogP contribution in [-0.2, 0) is 4.79 Å². The first-order chi connectivity index (χ1) is 8.95. The molecule has 0 radical (unpaired) electrons. The van der Waals surface area contributed by atoms with E-state index in [0.717, 1.165) is 30.3 Å². The fourth-order valence-corrected chi connectivity index (χ4v) is 1.96. The fraction of sp³-hybridized carbons (Fsp3) is 0.615. The van der Waals surface area contributed by atoms with E-state index < -0.39 is 0 Å². The van der Waals surface area contributed by atoms with E-state index in [9.17, 15) is 4.79 Å². The van der Waals surface area contributed by atoms with Crippen LogP contribution in [0.4, 0.5) is 11.6 Å². The molecule has 0 aromatic carbocycles. The molecule has 3 N–H and O–H groups in total. The molecule has 19 heavy (non-hydrogen) atoms. The largest absolute Gasteiger partial charge is 0.370 e. The van der Waals surface area contributed by atoms with Gasteiger partial charge >= 0.3 is 0 Å². The van der Waals surface area contributed by atoms with Gasteiger partial charge in [-0.15, -0.1) is 0 Å². The van der Waals surface area contributed by atoms with Crippen LogP contribution in [0.5, 0.6) is 0 Å². The number of amides is 1. The molecule has 0 fully saturated rings. The summed E-state index contributed by atoms with van der Waals surface area (Å²) >= 11 is 0. The molecule has 0 saturated heterocycles. The van der Waals surface area contributed by atoms with E-state index in [1.807, 2.05) is 18.7 Å². The highest BCUT2D eigenvalue weighted by molar-refractivity contribution is 5.79. The molecule has 1 heterocycles. The van der Waals surface area contributed by atoms with Gasteiger partial charge in [-0.25, -0.2) is 9.97 Å². The standard InChI is InChI=1S/C13H23N5O/c1-5-15-12-10(4)13(17-8-16-12)18(6-9(2)3)7-11(14)19/h8-9H,5-7H2,1-4H3,(H2,14,19)(H,15,16,17). The Labute approximate surface area is 114 Å². The van der Waals surface area contributed by atoms with Crippen molar-refractivity contribution in [2.24, 2.45) is 11.7 Å². The highest BCUT2D eigenvalue weighted by Crippen LogP contribution is 2.22. The quantitative estimate of drug-likeness (QED) is 0.773. The van der Waals surface area contributed by atoms with Crippen LogP contribution >= 0.6 is 0 Å². The Morgan fingerprint density at radius 2 is 2.16 bits per heavy atom. The molecular formula is C13H23N5O. The van der Waals surface area contributed by atoms with Crippen LogP contribution in [-0.4, -0.2) is 35.5 Å². The lowest BCUT2D eigenvalue weighted by molar-refractivity contribution is -0.116. The third-order valence-corrected chi connectivity index (χ3v) is 2.63. The van der Waals surface area contributed by atoms with Crippen molar-refractivity contribution in [2.45, 2.75) is 27.7 Å². The van der Waals surface area contributed by atoms with Crippen molar-refractivity contribution in [3.05, 3.63) is 11.9 Å². The molecule has 0 aliphatic rings. The molecule has 6 nitrogen and oxygen atoms in total. The van der Waals surface area contributed by atoms with Gasteiger partial charge in [-0.1, -0.05) is 13.8 Å². The molecule has 1 amide bonds. The molecule has 1 rings (SSSR count). The molecule has 0 aliphatic heterocycles. The van der Waals surface area contributed by atoms with Crippen LogP contribution in [0.1, 0.15) is 26.3 Å². The first-order valence-electron chi connectivity index (χ1n) is 6.54. The zero-order chi connectivity index (χ0) is 14.4. The van der Waals surface area contributed by atoms with Crippen molar-refractivity contribution in [3.63, 3.8) is 0 Å². The smallest absolute Gasteiger partial charge is 0.236 e. The number of primary amides is 1. The number of hydrogen-bond acceptors (Lipinski definition) is 5. The zero-order valence-electron chi connectivity index (χ0n) is 12.1. The average Bonchev–Trinajstić information content (AvgIpc) is 2.30. The number of nitrogens with zero attached hydrogens (tertiary/aromatic N) is 3. The minimum Gasteiger partial charge on any atom is -0.370 e. The normalized spacial score (nSPS) is 10.6. The van der Waals surface area contributed by atoms with Gasteiger partial charge < -0.3 is 16.0 Å². The van der Waals surface area contributed by atoms with Gasteiger partial charge in [0.25, 0.3) is 0 Å². The molecular weight excluding hydrogens is 242 g/mol. The highest BCUT2D eigenvalue weighted by atomic mass is 16.1. The Balaban J connectivity index is 3.06. The topological polar surface area (TPSA) is 84.1 Å². The maximum Gasteiger partial charge on any atom is 0.236 e. The van der Waals surface area contributed by atoms with Gasteiger partial charge in [0.2, 0.25) is 5.91 Å². The Kier molecular flexibility index (Phi) is 5.54. The summed E-state index contributed by atoms with van der Waals surface area (Å²) in [6.45, 7) is 9.83. The molecule has 106 valence electrons. The Hall–Kier alpha value is -1.85. The number of carbonyl (C=O) groups excluding carboxylic acids is 1. The van der Waals surface area contributed by atoms with Crippen LogP contribution in [0.3, 0.4) is 0 Å². The zero-order valence-corrected chi connectivity index (χ0v) is 12.1. The number of hydrogen-bond donors (Lipinski definition) is 2. The fourth-order valence-electron chi connectivity index (χ4n) is 1.96. The van der Waals surface area contributed by atoms with Crippen LogP contribution in [0.2, 0.25) is 0 Å². The van der Waals surface area contributed by atoms with E-state index >= 15 is 0 Å². The van der Waals surface area contributed by atoms with Gasteiger partial charge in [-0.2, -0.15) is 0 Å². The minimum absolute atomic E-state index is 0.168. The van der Waals surface area contributed by atoms with Crippen LogP contribution in [0, 0.1) is 12.8 Å². The number of rotatable bonds is 7. The SMILES string of the molecule is CCNc1ncnc(N(CC(N)=O)CC(C)C)c1C. The third-order valence-electron chi connectivity index (χ3n) is 2.63. The van der Waals surface area contributed by atoms with E-state index in [2.05, 4.69) is 29.1 Å². The summed E-state index contributed by atoms with van der Waals surface area (Å²) in [5.41, 5.74) is 6.25. The van der Waals surface area contributed by atoms with Gasteiger partial charge in [0.15, 0.2) is 0 Å². The summed E-state index contributed by atoms with van der Waals surface area (Å²) in [4.78, 5) is 21.6. The summed E-state index contributed by atoms with van der Waals surface area (Å²) in [5, 5.41) is 3.18. The minimum atomic E-state index is -0.358. The highest BCUT2D eigenvalue weighted by Gasteiger charge is 2.16. The van der Waals surface area contributed by atoms with E-state index in [0.29, 0.717) is 5.92 Å². The molecule has 0 aliphatic carbocycles. The number of carbonyl (C=O) groups is 1. The molecule has 0 bridgehead atoms. The Morgan fingerprint density at radius 3 is 2.68 bits per heavy atom. The summed E-state index contributed by atoms with van der Waals surface area (Å²) in [7, 11) is 0. The lowest BCUT2D eigenvalue weighted by atomic mass is 10.2. The van der Waals surface area contributed by atoms with Gasteiger partial charge in [0, 0.05) is 18.7 Å². The Bertz CT molecular complexity index is 433. The third kappa shape index (κ3) is 4.39. The van der Waals surface area contributed by atoms with Crippen LogP contribution < -0.4 is 16.0 Å². The number of nitrogens with two attached hydrogens (primary N) is 1. The van der Waals surface area contributed by atoms with E-state index in [-0.39, 0.29) is 12.5 Å². The summed E-state index contributed by atoms with van der Waals surface area (Å²) in [5.74, 6) is 1.61. The van der Waals surface area contributed by atoms with Gasteiger partial charge in [0.1, 0.15) is 18.0 Å². The first kappa shape index (κ1) is 15.2. The molecule has 0 atom stereocenters. The van der Waals surface area contributed by atoms with Gasteiger partial charge in [-0.3, -0.25) is 4.79 Å². The van der Waals surface area contributed by atoms with Crippen molar-refractivity contribution < 1.29 is 4.79 Å². The van der Waals surface area contributed by atoms with Crippen molar-refractivity contribution in [1.82, 2.24) is 9.97 Å². The van der Waals surface area contributed by atoms with E-state index in [1.54, 1.807) is 0 Å². The predicted molar refractivity (Wildman–Crippen MR) is 77.2 cm³/mol. The second kappa shape index (κ2) is 6.92. The van der Waals surface area contributed by atoms with Crippen molar-refractivity contribution in [1.29, 1.82) is 0 Å². The molecule has 0 unspecified atom stereocenters. The second-order valence-electron chi connectivity index (χ2n) is 4.94. The average molecular weight is 265 g/mol. The Morgan fingerprint density at radius 1 is 1.47 bits per heavy atom. The molecule has 1 aromatic heterocycles. The summed E-state index contributed by atoms with van der Waals surface area (Å²) < 4.78 is 0. The summed E-state index contributed by atoms with van der Waals surface area (Å²) in [6.07, 6.45) is 1.51. The maximum atomic E-state index is 11.2. The van der Waals surface area contributed by atoms with E-state index in [4.69, 9.17) is 5.73 Å². The van der Waals surface area contributed by atoms with Gasteiger partial charge in [0.05, 0.1) is 6.54 Å². The molecule has 1 aromatic rings. The lowest BCUT2D eigenvalue weighted by Gasteiger charge is -2.26. The second-order valence-corrected chi connectivity index (χ2v) is 4.94. The molecule has 0 spiro atoms. The van der Waals surface area contributed by atoms with Crippen molar-refractivity contribution in [2.75, 3.05) is 29.9 Å². The molecule has 6 heteroatoms. The predicted octanol–water partition coefficient (Wildman–Crippen LogP) is 1.16. The maximum absolute atomic E-state index is 11.2. The number of aromatic nitrogens is 2. The van der Waals surface area contributed by atoms with Crippen LogP contribution in [0.25, 0.3) is 0 Å². The van der Waals surface area contributed by atoms with Crippen LogP contribution in [0.15, 0.2) is 6.33 Å². The number of nitrogens with one attached hydrogen (secondary N) is 1. The van der Waals surface area contributed by atoms with Gasteiger partial charge in [-0.05, 0) is 19.8 Å². The lowest BCUT2D eigenvalue weighted by Crippen LogP contribution is -2.37. The summed E-state index contributed by atoms with van der Waals surface area (Å²) in [6, 6.07) is 0. The van der Waals surface area contributed by atoms with E-state index in [1.165, 1.54) is 6.33 Å². The number of anilines is 2. The molecule has 0 saturated carbocycles. The monoisotopic (exact) mass is 265 g/mol. The van der Waals surface area contributed by atoms with Crippen molar-refractivity contribution >= 4 is 17.5 Å². The van der Waals surface area contributed by atoms with Crippen molar-refractivity contribution in [3.8, 4) is 0 Å².